The van der Waals surface area contributed by atoms with Crippen molar-refractivity contribution in [1.82, 2.24) is 9.97 Å². The molecule has 0 aromatic carbocycles. The van der Waals surface area contributed by atoms with Crippen LogP contribution in [-0.2, 0) is 11.2 Å². The van der Waals surface area contributed by atoms with Gasteiger partial charge in [0.1, 0.15) is 22.5 Å². The highest BCUT2D eigenvalue weighted by Crippen LogP contribution is 2.30. The first-order chi connectivity index (χ1) is 9.96. The number of carbonyl (C=O) groups is 1. The van der Waals surface area contributed by atoms with Crippen LogP contribution < -0.4 is 5.32 Å². The highest BCUT2D eigenvalue weighted by Gasteiger charge is 2.25. The highest BCUT2D eigenvalue weighted by molar-refractivity contribution is 7.18. The summed E-state index contributed by atoms with van der Waals surface area (Å²) in [6, 6.07) is 1.41. The van der Waals surface area contributed by atoms with Crippen LogP contribution in [0, 0.1) is 12.8 Å². The zero-order chi connectivity index (χ0) is 15.6. The van der Waals surface area contributed by atoms with Crippen LogP contribution in [0.3, 0.4) is 0 Å². The van der Waals surface area contributed by atoms with Crippen LogP contribution in [0.25, 0.3) is 10.2 Å². The molecular weight excluding hydrogens is 286 g/mol. The molecule has 114 valence electrons. The Kier molecular flexibility index (Phi) is 4.77. The molecule has 2 aromatic heterocycles. The molecule has 2 aromatic rings. The minimum Gasteiger partial charge on any atom is -0.480 e. The van der Waals surface area contributed by atoms with Gasteiger partial charge in [0.25, 0.3) is 0 Å². The Morgan fingerprint density at radius 3 is 2.71 bits per heavy atom. The fourth-order valence-electron chi connectivity index (χ4n) is 2.19. The van der Waals surface area contributed by atoms with Crippen molar-refractivity contribution in [2.45, 2.75) is 46.6 Å². The molecule has 0 saturated carbocycles. The second-order valence-corrected chi connectivity index (χ2v) is 6.37. The number of anilines is 1. The number of carboxylic acids is 1. The number of rotatable bonds is 6. The van der Waals surface area contributed by atoms with E-state index in [4.69, 9.17) is 0 Å². The number of thiophene rings is 1. The Morgan fingerprint density at radius 2 is 2.14 bits per heavy atom. The lowest BCUT2D eigenvalue weighted by atomic mass is 9.99. The van der Waals surface area contributed by atoms with Gasteiger partial charge in [0.2, 0.25) is 0 Å². The van der Waals surface area contributed by atoms with E-state index in [1.807, 2.05) is 20.8 Å². The number of fused-ring (bicyclic) bond motifs is 1. The normalized spacial score (nSPS) is 14.1. The molecule has 0 saturated heterocycles. The summed E-state index contributed by atoms with van der Waals surface area (Å²) in [4.78, 5) is 22.5. The monoisotopic (exact) mass is 307 g/mol. The molecule has 2 rings (SSSR count). The second kappa shape index (κ2) is 6.39. The predicted octanol–water partition coefficient (Wildman–Crippen LogP) is 3.47. The van der Waals surface area contributed by atoms with E-state index in [1.165, 1.54) is 4.88 Å². The molecule has 2 atom stereocenters. The Morgan fingerprint density at radius 1 is 1.43 bits per heavy atom. The van der Waals surface area contributed by atoms with Crippen molar-refractivity contribution in [3.05, 3.63) is 16.8 Å². The predicted molar refractivity (Wildman–Crippen MR) is 86.0 cm³/mol. The summed E-state index contributed by atoms with van der Waals surface area (Å²) in [6.07, 6.45) is 1.73. The van der Waals surface area contributed by atoms with Crippen molar-refractivity contribution < 1.29 is 9.90 Å². The van der Waals surface area contributed by atoms with Crippen LogP contribution in [0.2, 0.25) is 0 Å². The summed E-state index contributed by atoms with van der Waals surface area (Å²) in [5, 5.41) is 13.4. The lowest BCUT2D eigenvalue weighted by Gasteiger charge is -2.21. The van der Waals surface area contributed by atoms with E-state index in [0.717, 1.165) is 23.1 Å². The van der Waals surface area contributed by atoms with Gasteiger partial charge in [-0.25, -0.2) is 14.8 Å². The molecule has 0 unspecified atom stereocenters. The van der Waals surface area contributed by atoms with Gasteiger partial charge in [0.15, 0.2) is 0 Å². The Labute approximate surface area is 128 Å². The summed E-state index contributed by atoms with van der Waals surface area (Å²) in [5.74, 6) is 0.459. The third kappa shape index (κ3) is 3.32. The van der Waals surface area contributed by atoms with Crippen molar-refractivity contribution in [3.63, 3.8) is 0 Å². The molecule has 2 heterocycles. The lowest BCUT2D eigenvalue weighted by Crippen LogP contribution is -2.35. The molecule has 2 N–H and O–H groups in total. The van der Waals surface area contributed by atoms with Crippen LogP contribution in [0.5, 0.6) is 0 Å². The molecule has 6 heteroatoms. The molecule has 0 fully saturated rings. The first-order valence-electron chi connectivity index (χ1n) is 7.22. The van der Waals surface area contributed by atoms with E-state index < -0.39 is 12.0 Å². The summed E-state index contributed by atoms with van der Waals surface area (Å²) in [5.41, 5.74) is 0. The average Bonchev–Trinajstić information content (AvgIpc) is 2.86. The van der Waals surface area contributed by atoms with Gasteiger partial charge in [-0.3, -0.25) is 0 Å². The molecule has 0 aliphatic rings. The van der Waals surface area contributed by atoms with E-state index in [-0.39, 0.29) is 5.92 Å². The Bertz CT molecular complexity index is 654. The zero-order valence-electron chi connectivity index (χ0n) is 12.8. The lowest BCUT2D eigenvalue weighted by molar-refractivity contribution is -0.139. The number of carboxylic acid groups (broad SMARTS) is 1. The SMILES string of the molecule is CCc1cc2c(N[C@@H](C(=O)O)[C@H](C)CC)nc(C)nc2s1. The Hall–Kier alpha value is -1.69. The van der Waals surface area contributed by atoms with Gasteiger partial charge in [0, 0.05) is 4.88 Å². The maximum Gasteiger partial charge on any atom is 0.326 e. The summed E-state index contributed by atoms with van der Waals surface area (Å²) < 4.78 is 0. The molecule has 0 aliphatic carbocycles. The summed E-state index contributed by atoms with van der Waals surface area (Å²) in [6.45, 7) is 7.84. The fourth-order valence-corrected chi connectivity index (χ4v) is 3.21. The highest BCUT2D eigenvalue weighted by atomic mass is 32.1. The molecule has 5 nitrogen and oxygen atoms in total. The van der Waals surface area contributed by atoms with Gasteiger partial charge in [0.05, 0.1) is 5.39 Å². The first-order valence-corrected chi connectivity index (χ1v) is 8.04. The van der Waals surface area contributed by atoms with E-state index in [1.54, 1.807) is 11.3 Å². The minimum absolute atomic E-state index is 0.0251. The van der Waals surface area contributed by atoms with E-state index >= 15 is 0 Å². The number of aliphatic carboxylic acids is 1. The number of aromatic nitrogens is 2. The van der Waals surface area contributed by atoms with E-state index in [0.29, 0.717) is 11.6 Å². The third-order valence-corrected chi connectivity index (χ3v) is 4.85. The maximum atomic E-state index is 11.5. The Balaban J connectivity index is 2.44. The number of hydrogen-bond acceptors (Lipinski definition) is 5. The van der Waals surface area contributed by atoms with Gasteiger partial charge in [-0.2, -0.15) is 0 Å². The molecule has 0 aliphatic heterocycles. The quantitative estimate of drug-likeness (QED) is 0.854. The molecule has 0 radical (unpaired) electrons. The molecule has 0 bridgehead atoms. The smallest absolute Gasteiger partial charge is 0.326 e. The average molecular weight is 307 g/mol. The molecule has 21 heavy (non-hydrogen) atoms. The van der Waals surface area contributed by atoms with Gasteiger partial charge >= 0.3 is 5.97 Å². The fraction of sp³-hybridized carbons (Fsp3) is 0.533. The van der Waals surface area contributed by atoms with Crippen molar-refractivity contribution >= 4 is 33.3 Å². The number of nitrogens with zero attached hydrogens (tertiary/aromatic N) is 2. The van der Waals surface area contributed by atoms with Gasteiger partial charge < -0.3 is 10.4 Å². The van der Waals surface area contributed by atoms with Crippen LogP contribution in [-0.4, -0.2) is 27.1 Å². The van der Waals surface area contributed by atoms with Crippen LogP contribution in [0.1, 0.15) is 37.9 Å². The number of hydrogen-bond donors (Lipinski definition) is 2. The number of nitrogens with one attached hydrogen (secondary N) is 1. The van der Waals surface area contributed by atoms with Crippen molar-refractivity contribution in [3.8, 4) is 0 Å². The standard InChI is InChI=1S/C15H21N3O2S/c1-5-8(3)12(15(19)20)18-13-11-7-10(6-2)21-14(11)17-9(4)16-13/h7-8,12H,5-6H2,1-4H3,(H,19,20)(H,16,17,18)/t8-,12-/m1/s1. The number of aryl methyl sites for hydroxylation is 2. The van der Waals surface area contributed by atoms with Crippen LogP contribution >= 0.6 is 11.3 Å². The van der Waals surface area contributed by atoms with Crippen molar-refractivity contribution in [1.29, 1.82) is 0 Å². The van der Waals surface area contributed by atoms with Crippen molar-refractivity contribution in [2.24, 2.45) is 5.92 Å². The van der Waals surface area contributed by atoms with Gasteiger partial charge in [-0.15, -0.1) is 11.3 Å². The van der Waals surface area contributed by atoms with E-state index in [9.17, 15) is 9.90 Å². The maximum absolute atomic E-state index is 11.5. The summed E-state index contributed by atoms with van der Waals surface area (Å²) >= 11 is 1.64. The zero-order valence-corrected chi connectivity index (χ0v) is 13.6. The van der Waals surface area contributed by atoms with Gasteiger partial charge in [-0.1, -0.05) is 27.2 Å². The summed E-state index contributed by atoms with van der Waals surface area (Å²) in [7, 11) is 0. The van der Waals surface area contributed by atoms with Crippen LogP contribution in [0.4, 0.5) is 5.82 Å². The molecule has 0 amide bonds. The topological polar surface area (TPSA) is 75.1 Å². The second-order valence-electron chi connectivity index (χ2n) is 5.25. The molecule has 0 spiro atoms. The third-order valence-electron chi connectivity index (χ3n) is 3.68. The van der Waals surface area contributed by atoms with Crippen LogP contribution in [0.15, 0.2) is 6.07 Å². The molecular formula is C15H21N3O2S. The first kappa shape index (κ1) is 15.7. The minimum atomic E-state index is -0.847. The van der Waals surface area contributed by atoms with E-state index in [2.05, 4.69) is 28.3 Å². The van der Waals surface area contributed by atoms with Crippen molar-refractivity contribution in [2.75, 3.05) is 5.32 Å². The largest absolute Gasteiger partial charge is 0.480 e. The van der Waals surface area contributed by atoms with Gasteiger partial charge in [-0.05, 0) is 25.3 Å².